The van der Waals surface area contributed by atoms with Crippen LogP contribution in [0.4, 0.5) is 0 Å². The first-order valence-electron chi connectivity index (χ1n) is 9.56. The van der Waals surface area contributed by atoms with E-state index in [4.69, 9.17) is 9.15 Å². The number of benzene rings is 1. The molecule has 1 aliphatic carbocycles. The summed E-state index contributed by atoms with van der Waals surface area (Å²) in [4.78, 5) is 8.61. The number of aliphatic imine (C=N–C) groups is 1. The van der Waals surface area contributed by atoms with Gasteiger partial charge in [0, 0.05) is 24.6 Å². The number of nitrogens with zero attached hydrogens (tertiary/aromatic N) is 2. The molecule has 0 atom stereocenters. The SMILES string of the molecule is CN=C(NCc1ncc(C(C)(C)C)o1)NCc1ccccc1OCC1CC1.I. The molecule has 1 fully saturated rings. The molecule has 154 valence electrons. The summed E-state index contributed by atoms with van der Waals surface area (Å²) in [5, 5.41) is 6.57. The van der Waals surface area contributed by atoms with Gasteiger partial charge in [-0.2, -0.15) is 0 Å². The van der Waals surface area contributed by atoms with E-state index >= 15 is 0 Å². The number of para-hydroxylation sites is 1. The monoisotopic (exact) mass is 498 g/mol. The highest BCUT2D eigenvalue weighted by atomic mass is 127. The zero-order chi connectivity index (χ0) is 19.3. The molecule has 7 heteroatoms. The van der Waals surface area contributed by atoms with Crippen molar-refractivity contribution in [3.8, 4) is 5.75 Å². The van der Waals surface area contributed by atoms with Gasteiger partial charge in [0.25, 0.3) is 0 Å². The van der Waals surface area contributed by atoms with Gasteiger partial charge < -0.3 is 19.8 Å². The Kier molecular flexibility index (Phi) is 8.15. The van der Waals surface area contributed by atoms with Crippen LogP contribution in [-0.2, 0) is 18.5 Å². The lowest BCUT2D eigenvalue weighted by atomic mass is 9.94. The topological polar surface area (TPSA) is 71.7 Å². The van der Waals surface area contributed by atoms with Gasteiger partial charge >= 0.3 is 0 Å². The van der Waals surface area contributed by atoms with Crippen LogP contribution in [0.5, 0.6) is 5.75 Å². The molecule has 0 radical (unpaired) electrons. The van der Waals surface area contributed by atoms with Gasteiger partial charge in [0.15, 0.2) is 5.96 Å². The third-order valence-electron chi connectivity index (χ3n) is 4.51. The third-order valence-corrected chi connectivity index (χ3v) is 4.51. The summed E-state index contributed by atoms with van der Waals surface area (Å²) in [6.07, 6.45) is 4.37. The highest BCUT2D eigenvalue weighted by Gasteiger charge is 2.22. The van der Waals surface area contributed by atoms with E-state index in [1.165, 1.54) is 12.8 Å². The van der Waals surface area contributed by atoms with Gasteiger partial charge in [-0.15, -0.1) is 24.0 Å². The number of ether oxygens (including phenoxy) is 1. The highest BCUT2D eigenvalue weighted by molar-refractivity contribution is 14.0. The molecule has 2 aromatic rings. The van der Waals surface area contributed by atoms with Crippen molar-refractivity contribution in [2.24, 2.45) is 10.9 Å². The molecule has 0 saturated heterocycles. The van der Waals surface area contributed by atoms with E-state index in [0.29, 0.717) is 24.9 Å². The molecule has 6 nitrogen and oxygen atoms in total. The number of nitrogens with one attached hydrogen (secondary N) is 2. The number of aromatic nitrogens is 1. The van der Waals surface area contributed by atoms with Crippen molar-refractivity contribution >= 4 is 29.9 Å². The predicted octanol–water partition coefficient (Wildman–Crippen LogP) is 4.24. The minimum atomic E-state index is -0.0463. The standard InChI is InChI=1S/C21H30N4O2.HI/c1-21(2,3)18-12-23-19(27-18)13-25-20(22-4)24-11-16-7-5-6-8-17(16)26-14-15-9-10-15;/h5-8,12,15H,9-11,13-14H2,1-4H3,(H2,22,24,25);1H. The summed E-state index contributed by atoms with van der Waals surface area (Å²) in [6.45, 7) is 8.25. The molecule has 0 spiro atoms. The predicted molar refractivity (Wildman–Crippen MR) is 122 cm³/mol. The minimum Gasteiger partial charge on any atom is -0.493 e. The first kappa shape index (κ1) is 22.5. The van der Waals surface area contributed by atoms with Crippen molar-refractivity contribution in [2.75, 3.05) is 13.7 Å². The Hall–Kier alpha value is -1.77. The zero-order valence-corrected chi connectivity index (χ0v) is 19.4. The number of rotatable bonds is 7. The Balaban J connectivity index is 0.00000280. The van der Waals surface area contributed by atoms with Crippen molar-refractivity contribution < 1.29 is 9.15 Å². The van der Waals surface area contributed by atoms with Gasteiger partial charge in [-0.1, -0.05) is 39.0 Å². The first-order chi connectivity index (χ1) is 13.0. The third kappa shape index (κ3) is 6.68. The van der Waals surface area contributed by atoms with E-state index in [9.17, 15) is 0 Å². The van der Waals surface area contributed by atoms with Gasteiger partial charge in [-0.25, -0.2) is 4.98 Å². The lowest BCUT2D eigenvalue weighted by molar-refractivity contribution is 0.296. The number of oxazole rings is 1. The van der Waals surface area contributed by atoms with Crippen molar-refractivity contribution in [1.82, 2.24) is 15.6 Å². The summed E-state index contributed by atoms with van der Waals surface area (Å²) in [7, 11) is 1.75. The maximum atomic E-state index is 5.97. The van der Waals surface area contributed by atoms with Gasteiger partial charge in [-0.3, -0.25) is 4.99 Å². The number of halogens is 1. The van der Waals surface area contributed by atoms with E-state index in [2.05, 4.69) is 47.4 Å². The van der Waals surface area contributed by atoms with Gasteiger partial charge in [0.1, 0.15) is 11.5 Å². The van der Waals surface area contributed by atoms with Crippen molar-refractivity contribution in [3.05, 3.63) is 47.7 Å². The molecule has 3 rings (SSSR count). The molecule has 1 aromatic carbocycles. The normalized spacial score (nSPS) is 14.4. The number of guanidine groups is 1. The van der Waals surface area contributed by atoms with Crippen LogP contribution in [0.15, 0.2) is 39.9 Å². The van der Waals surface area contributed by atoms with Crippen LogP contribution >= 0.6 is 24.0 Å². The second-order valence-electron chi connectivity index (χ2n) is 8.01. The lowest BCUT2D eigenvalue weighted by Crippen LogP contribution is -2.36. The molecule has 1 aliphatic rings. The largest absolute Gasteiger partial charge is 0.493 e. The van der Waals surface area contributed by atoms with Crippen molar-refractivity contribution in [1.29, 1.82) is 0 Å². The van der Waals surface area contributed by atoms with E-state index in [-0.39, 0.29) is 29.4 Å². The molecule has 28 heavy (non-hydrogen) atoms. The molecule has 0 unspecified atom stereocenters. The van der Waals surface area contributed by atoms with E-state index in [1.54, 1.807) is 13.2 Å². The Labute approximate surface area is 184 Å². The average molecular weight is 498 g/mol. The summed E-state index contributed by atoms with van der Waals surface area (Å²) < 4.78 is 11.8. The molecule has 1 heterocycles. The second-order valence-corrected chi connectivity index (χ2v) is 8.01. The quantitative estimate of drug-likeness (QED) is 0.340. The maximum absolute atomic E-state index is 5.97. The van der Waals surface area contributed by atoms with Crippen LogP contribution in [0.25, 0.3) is 0 Å². The van der Waals surface area contributed by atoms with Crippen LogP contribution in [0.1, 0.15) is 50.8 Å². The summed E-state index contributed by atoms with van der Waals surface area (Å²) in [5.74, 6) is 3.90. The minimum absolute atomic E-state index is 0. The summed E-state index contributed by atoms with van der Waals surface area (Å²) in [5.41, 5.74) is 1.07. The lowest BCUT2D eigenvalue weighted by Gasteiger charge is -2.15. The van der Waals surface area contributed by atoms with Gasteiger partial charge in [-0.05, 0) is 24.8 Å². The van der Waals surface area contributed by atoms with E-state index in [1.807, 2.05) is 18.2 Å². The van der Waals surface area contributed by atoms with Crippen molar-refractivity contribution in [3.63, 3.8) is 0 Å². The second kappa shape index (κ2) is 10.1. The average Bonchev–Trinajstić information content (AvgIpc) is 3.34. The van der Waals surface area contributed by atoms with Gasteiger partial charge in [0.05, 0.1) is 19.3 Å². The smallest absolute Gasteiger partial charge is 0.213 e. The zero-order valence-electron chi connectivity index (χ0n) is 17.1. The van der Waals surface area contributed by atoms with Crippen molar-refractivity contribution in [2.45, 2.75) is 52.1 Å². The van der Waals surface area contributed by atoms with E-state index < -0.39 is 0 Å². The summed E-state index contributed by atoms with van der Waals surface area (Å²) >= 11 is 0. The number of hydrogen-bond acceptors (Lipinski definition) is 4. The van der Waals surface area contributed by atoms with E-state index in [0.717, 1.165) is 29.6 Å². The Bertz CT molecular complexity index is 779. The molecule has 0 bridgehead atoms. The highest BCUT2D eigenvalue weighted by Crippen LogP contribution is 2.30. The fourth-order valence-electron chi connectivity index (χ4n) is 2.58. The molecule has 0 aliphatic heterocycles. The Morgan fingerprint density at radius 2 is 1.93 bits per heavy atom. The molecule has 0 amide bonds. The molecule has 1 saturated carbocycles. The van der Waals surface area contributed by atoms with Gasteiger partial charge in [0.2, 0.25) is 5.89 Å². The molecular weight excluding hydrogens is 467 g/mol. The fourth-order valence-corrected chi connectivity index (χ4v) is 2.58. The maximum Gasteiger partial charge on any atom is 0.213 e. The summed E-state index contributed by atoms with van der Waals surface area (Å²) in [6, 6.07) is 8.13. The Morgan fingerprint density at radius 3 is 2.57 bits per heavy atom. The van der Waals surface area contributed by atoms with Crippen LogP contribution in [-0.4, -0.2) is 24.6 Å². The molecular formula is C21H31IN4O2. The fraction of sp³-hybridized carbons (Fsp3) is 0.524. The number of hydrogen-bond donors (Lipinski definition) is 2. The Morgan fingerprint density at radius 1 is 1.21 bits per heavy atom. The van der Waals surface area contributed by atoms with Crippen LogP contribution in [0, 0.1) is 5.92 Å². The van der Waals surface area contributed by atoms with Crippen LogP contribution < -0.4 is 15.4 Å². The first-order valence-corrected chi connectivity index (χ1v) is 9.56. The molecule has 1 aromatic heterocycles. The van der Waals surface area contributed by atoms with Crippen LogP contribution in [0.2, 0.25) is 0 Å². The molecule has 2 N–H and O–H groups in total. The van der Waals surface area contributed by atoms with Crippen LogP contribution in [0.3, 0.4) is 0 Å².